The van der Waals surface area contributed by atoms with E-state index < -0.39 is 11.0 Å². The fraction of sp³-hybridized carbons (Fsp3) is 0.462. The minimum absolute atomic E-state index is 0.0000334. The van der Waals surface area contributed by atoms with Crippen LogP contribution in [0, 0.1) is 10.1 Å². The molecule has 7 nitrogen and oxygen atoms in total. The minimum Gasteiger partial charge on any atom is -0.445 e. The number of amides is 1. The van der Waals surface area contributed by atoms with Gasteiger partial charge in [0.05, 0.1) is 17.6 Å². The number of nitro benzene ring substituents is 1. The number of aliphatic hydroxyl groups is 1. The first kappa shape index (κ1) is 14.3. The van der Waals surface area contributed by atoms with E-state index in [2.05, 4.69) is 0 Å². The van der Waals surface area contributed by atoms with Gasteiger partial charge in [-0.3, -0.25) is 10.1 Å². The van der Waals surface area contributed by atoms with Crippen LogP contribution in [0.25, 0.3) is 0 Å². The molecule has 0 aliphatic carbocycles. The summed E-state index contributed by atoms with van der Waals surface area (Å²) in [6.07, 6.45) is 1.18. The first-order valence-electron chi connectivity index (χ1n) is 6.39. The number of nitrogens with zero attached hydrogens (tertiary/aromatic N) is 2. The highest BCUT2D eigenvalue weighted by Gasteiger charge is 2.29. The van der Waals surface area contributed by atoms with Crippen molar-refractivity contribution in [3.05, 3.63) is 39.9 Å². The number of hydrogen-bond acceptors (Lipinski definition) is 5. The molecule has 1 saturated heterocycles. The summed E-state index contributed by atoms with van der Waals surface area (Å²) in [7, 11) is 0. The number of rotatable bonds is 4. The summed E-state index contributed by atoms with van der Waals surface area (Å²) in [6.45, 7) is 0.586. The summed E-state index contributed by atoms with van der Waals surface area (Å²) < 4.78 is 5.15. The normalized spacial score (nSPS) is 18.1. The maximum atomic E-state index is 11.8. The van der Waals surface area contributed by atoms with Gasteiger partial charge in [-0.2, -0.15) is 0 Å². The van der Waals surface area contributed by atoms with Gasteiger partial charge in [0.1, 0.15) is 6.61 Å². The van der Waals surface area contributed by atoms with E-state index in [0.717, 1.165) is 12.8 Å². The second-order valence-corrected chi connectivity index (χ2v) is 4.65. The van der Waals surface area contributed by atoms with Gasteiger partial charge in [-0.15, -0.1) is 0 Å². The Labute approximate surface area is 115 Å². The summed E-state index contributed by atoms with van der Waals surface area (Å²) in [5.41, 5.74) is 0.684. The van der Waals surface area contributed by atoms with Crippen LogP contribution in [0.1, 0.15) is 18.4 Å². The molecule has 1 N–H and O–H groups in total. The monoisotopic (exact) mass is 280 g/mol. The van der Waals surface area contributed by atoms with E-state index in [4.69, 9.17) is 9.84 Å². The summed E-state index contributed by atoms with van der Waals surface area (Å²) in [6, 6.07) is 5.68. The van der Waals surface area contributed by atoms with E-state index in [0.29, 0.717) is 12.1 Å². The number of nitro groups is 1. The molecule has 1 aliphatic rings. The van der Waals surface area contributed by atoms with Crippen LogP contribution in [0.4, 0.5) is 10.5 Å². The summed E-state index contributed by atoms with van der Waals surface area (Å²) in [4.78, 5) is 23.4. The van der Waals surface area contributed by atoms with E-state index in [1.807, 2.05) is 0 Å². The molecule has 0 radical (unpaired) electrons. The molecule has 0 saturated carbocycles. The van der Waals surface area contributed by atoms with E-state index in [-0.39, 0.29) is 24.9 Å². The molecule has 1 aromatic rings. The molecule has 1 fully saturated rings. The number of ether oxygens (including phenoxy) is 1. The average molecular weight is 280 g/mol. The van der Waals surface area contributed by atoms with Crippen molar-refractivity contribution in [2.45, 2.75) is 25.5 Å². The van der Waals surface area contributed by atoms with Crippen molar-refractivity contribution in [2.75, 3.05) is 13.2 Å². The number of aliphatic hydroxyl groups excluding tert-OH is 1. The molecule has 20 heavy (non-hydrogen) atoms. The summed E-state index contributed by atoms with van der Waals surface area (Å²) >= 11 is 0. The second kappa shape index (κ2) is 6.33. The van der Waals surface area contributed by atoms with Gasteiger partial charge >= 0.3 is 6.09 Å². The Morgan fingerprint density at radius 2 is 2.15 bits per heavy atom. The van der Waals surface area contributed by atoms with Crippen LogP contribution in [0.2, 0.25) is 0 Å². The van der Waals surface area contributed by atoms with Crippen molar-refractivity contribution < 1.29 is 19.6 Å². The third-order valence-corrected chi connectivity index (χ3v) is 3.33. The zero-order valence-corrected chi connectivity index (χ0v) is 10.9. The molecular formula is C13H16N2O5. The van der Waals surface area contributed by atoms with Gasteiger partial charge in [0, 0.05) is 18.7 Å². The van der Waals surface area contributed by atoms with E-state index >= 15 is 0 Å². The highest BCUT2D eigenvalue weighted by molar-refractivity contribution is 5.68. The van der Waals surface area contributed by atoms with Crippen molar-refractivity contribution in [2.24, 2.45) is 0 Å². The van der Waals surface area contributed by atoms with Crippen molar-refractivity contribution in [1.29, 1.82) is 0 Å². The first-order valence-corrected chi connectivity index (χ1v) is 6.39. The lowest BCUT2D eigenvalue weighted by molar-refractivity contribution is -0.384. The minimum atomic E-state index is -0.480. The van der Waals surface area contributed by atoms with Crippen molar-refractivity contribution in [3.63, 3.8) is 0 Å². The number of benzene rings is 1. The average Bonchev–Trinajstić information content (AvgIpc) is 2.93. The molecule has 7 heteroatoms. The van der Waals surface area contributed by atoms with Gasteiger partial charge in [-0.1, -0.05) is 0 Å². The lowest BCUT2D eigenvalue weighted by atomic mass is 10.2. The molecule has 2 rings (SSSR count). The molecule has 1 atom stereocenters. The van der Waals surface area contributed by atoms with Gasteiger partial charge in [-0.25, -0.2) is 4.79 Å². The molecule has 0 aromatic heterocycles. The van der Waals surface area contributed by atoms with Crippen LogP contribution in [0.15, 0.2) is 24.3 Å². The number of carbonyl (C=O) groups excluding carboxylic acids is 1. The van der Waals surface area contributed by atoms with Crippen LogP contribution in [-0.4, -0.2) is 40.2 Å². The van der Waals surface area contributed by atoms with Crippen LogP contribution in [0.5, 0.6) is 0 Å². The Hall–Kier alpha value is -2.15. The molecule has 1 unspecified atom stereocenters. The third kappa shape index (κ3) is 3.24. The molecule has 0 bridgehead atoms. The van der Waals surface area contributed by atoms with Crippen molar-refractivity contribution in [1.82, 2.24) is 4.90 Å². The topological polar surface area (TPSA) is 92.9 Å². The Morgan fingerprint density at radius 1 is 1.45 bits per heavy atom. The van der Waals surface area contributed by atoms with Gasteiger partial charge in [0.2, 0.25) is 0 Å². The number of hydrogen-bond donors (Lipinski definition) is 1. The van der Waals surface area contributed by atoms with Crippen LogP contribution in [0.3, 0.4) is 0 Å². The number of likely N-dealkylation sites (tertiary alicyclic amines) is 1. The maximum Gasteiger partial charge on any atom is 0.410 e. The summed E-state index contributed by atoms with van der Waals surface area (Å²) in [5, 5.41) is 19.7. The lowest BCUT2D eigenvalue weighted by Gasteiger charge is -2.22. The van der Waals surface area contributed by atoms with Gasteiger partial charge in [0.25, 0.3) is 5.69 Å². The lowest BCUT2D eigenvalue weighted by Crippen LogP contribution is -2.37. The standard InChI is InChI=1S/C13H16N2O5/c16-8-12-2-1-7-14(12)13(17)20-9-10-3-5-11(6-4-10)15(18)19/h3-6,12,16H,1-2,7-9H2. The van der Waals surface area contributed by atoms with Gasteiger partial charge in [0.15, 0.2) is 0 Å². The highest BCUT2D eigenvalue weighted by atomic mass is 16.6. The Bertz CT molecular complexity index is 488. The molecule has 1 aromatic carbocycles. The van der Waals surface area contributed by atoms with Crippen LogP contribution >= 0.6 is 0 Å². The second-order valence-electron chi connectivity index (χ2n) is 4.65. The quantitative estimate of drug-likeness (QED) is 0.669. The zero-order valence-electron chi connectivity index (χ0n) is 10.9. The number of carbonyl (C=O) groups is 1. The molecule has 1 amide bonds. The molecule has 0 spiro atoms. The van der Waals surface area contributed by atoms with Gasteiger partial charge < -0.3 is 14.7 Å². The molecule has 108 valence electrons. The first-order chi connectivity index (χ1) is 9.61. The Balaban J connectivity index is 1.88. The maximum absolute atomic E-state index is 11.8. The molecule has 1 heterocycles. The van der Waals surface area contributed by atoms with Crippen molar-refractivity contribution in [3.8, 4) is 0 Å². The Morgan fingerprint density at radius 3 is 2.75 bits per heavy atom. The predicted octanol–water partition coefficient (Wildman–Crippen LogP) is 1.69. The van der Waals surface area contributed by atoms with E-state index in [9.17, 15) is 14.9 Å². The predicted molar refractivity (Wildman–Crippen MR) is 70.1 cm³/mol. The largest absolute Gasteiger partial charge is 0.445 e. The van der Waals surface area contributed by atoms with E-state index in [1.165, 1.54) is 17.0 Å². The van der Waals surface area contributed by atoms with Crippen molar-refractivity contribution >= 4 is 11.8 Å². The van der Waals surface area contributed by atoms with E-state index in [1.54, 1.807) is 12.1 Å². The zero-order chi connectivity index (χ0) is 14.5. The molecular weight excluding hydrogens is 264 g/mol. The fourth-order valence-corrected chi connectivity index (χ4v) is 2.21. The van der Waals surface area contributed by atoms with Crippen LogP contribution in [-0.2, 0) is 11.3 Å². The molecule has 1 aliphatic heterocycles. The highest BCUT2D eigenvalue weighted by Crippen LogP contribution is 2.18. The van der Waals surface area contributed by atoms with Gasteiger partial charge in [-0.05, 0) is 30.5 Å². The summed E-state index contributed by atoms with van der Waals surface area (Å²) in [5.74, 6) is 0. The Kier molecular flexibility index (Phi) is 4.52. The number of non-ortho nitro benzene ring substituents is 1. The SMILES string of the molecule is O=C(OCc1ccc([N+](=O)[O-])cc1)N1CCCC1CO. The van der Waals surface area contributed by atoms with Crippen LogP contribution < -0.4 is 0 Å². The smallest absolute Gasteiger partial charge is 0.410 e. The third-order valence-electron chi connectivity index (χ3n) is 3.33. The fourth-order valence-electron chi connectivity index (χ4n) is 2.21.